The SMILES string of the molecule is C[C@@H]1CN(CC(C=O)Cc2ccc(C(C)(C)C)cc2)C[C@H](C)O1. The Balaban J connectivity index is 1.95. The predicted octanol–water partition coefficient (Wildman–Crippen LogP) is 3.45. The van der Waals surface area contributed by atoms with Gasteiger partial charge in [0.2, 0.25) is 0 Å². The van der Waals surface area contributed by atoms with Crippen LogP contribution >= 0.6 is 0 Å². The maximum absolute atomic E-state index is 11.5. The van der Waals surface area contributed by atoms with Gasteiger partial charge >= 0.3 is 0 Å². The first-order valence-electron chi connectivity index (χ1n) is 8.70. The Morgan fingerprint density at radius 1 is 1.17 bits per heavy atom. The van der Waals surface area contributed by atoms with Crippen LogP contribution in [0.15, 0.2) is 24.3 Å². The fourth-order valence-corrected chi connectivity index (χ4v) is 3.36. The number of carbonyl (C=O) groups excluding carboxylic acids is 1. The minimum Gasteiger partial charge on any atom is -0.373 e. The van der Waals surface area contributed by atoms with Gasteiger partial charge < -0.3 is 9.53 Å². The van der Waals surface area contributed by atoms with Crippen LogP contribution in [-0.4, -0.2) is 43.0 Å². The monoisotopic (exact) mass is 317 g/mol. The first kappa shape index (κ1) is 18.2. The number of nitrogens with zero attached hydrogens (tertiary/aromatic N) is 1. The number of ether oxygens (including phenoxy) is 1. The van der Waals surface area contributed by atoms with Gasteiger partial charge in [-0.2, -0.15) is 0 Å². The molecule has 3 nitrogen and oxygen atoms in total. The fourth-order valence-electron chi connectivity index (χ4n) is 3.36. The van der Waals surface area contributed by atoms with Crippen molar-refractivity contribution in [3.63, 3.8) is 0 Å². The molecule has 0 radical (unpaired) electrons. The Labute approximate surface area is 141 Å². The number of morpholine rings is 1. The molecule has 0 spiro atoms. The van der Waals surface area contributed by atoms with Crippen LogP contribution in [0.25, 0.3) is 0 Å². The summed E-state index contributed by atoms with van der Waals surface area (Å²) < 4.78 is 5.76. The maximum atomic E-state index is 11.5. The van der Waals surface area contributed by atoms with Crippen molar-refractivity contribution in [1.29, 1.82) is 0 Å². The van der Waals surface area contributed by atoms with Crippen LogP contribution in [0.1, 0.15) is 45.7 Å². The number of hydrogen-bond donors (Lipinski definition) is 0. The molecular weight excluding hydrogens is 286 g/mol. The molecule has 1 aliphatic rings. The predicted molar refractivity (Wildman–Crippen MR) is 94.8 cm³/mol. The van der Waals surface area contributed by atoms with Crippen LogP contribution in [-0.2, 0) is 21.4 Å². The second-order valence-corrected chi connectivity index (χ2v) is 8.02. The number of aldehydes is 1. The summed E-state index contributed by atoms with van der Waals surface area (Å²) in [6.45, 7) is 13.5. The molecule has 1 aliphatic heterocycles. The minimum atomic E-state index is 0.0491. The molecule has 128 valence electrons. The van der Waals surface area contributed by atoms with E-state index in [0.717, 1.165) is 32.3 Å². The molecule has 23 heavy (non-hydrogen) atoms. The van der Waals surface area contributed by atoms with E-state index in [4.69, 9.17) is 4.74 Å². The molecule has 1 heterocycles. The fraction of sp³-hybridized carbons (Fsp3) is 0.650. The molecule has 0 amide bonds. The summed E-state index contributed by atoms with van der Waals surface area (Å²) in [5.41, 5.74) is 2.74. The summed E-state index contributed by atoms with van der Waals surface area (Å²) in [6.07, 6.45) is 2.42. The number of hydrogen-bond acceptors (Lipinski definition) is 3. The van der Waals surface area contributed by atoms with Gasteiger partial charge in [0.1, 0.15) is 6.29 Å². The lowest BCUT2D eigenvalue weighted by molar-refractivity contribution is -0.113. The summed E-state index contributed by atoms with van der Waals surface area (Å²) in [6, 6.07) is 8.72. The van der Waals surface area contributed by atoms with E-state index in [1.807, 2.05) is 0 Å². The zero-order chi connectivity index (χ0) is 17.0. The van der Waals surface area contributed by atoms with Crippen molar-refractivity contribution in [2.75, 3.05) is 19.6 Å². The molecule has 1 unspecified atom stereocenters. The summed E-state index contributed by atoms with van der Waals surface area (Å²) in [4.78, 5) is 13.9. The first-order chi connectivity index (χ1) is 10.8. The molecule has 3 atom stereocenters. The van der Waals surface area contributed by atoms with Crippen molar-refractivity contribution in [2.45, 2.75) is 58.7 Å². The van der Waals surface area contributed by atoms with E-state index in [1.54, 1.807) is 0 Å². The van der Waals surface area contributed by atoms with Gasteiger partial charge in [0, 0.05) is 25.6 Å². The molecule has 1 saturated heterocycles. The van der Waals surface area contributed by atoms with Crippen LogP contribution < -0.4 is 0 Å². The van der Waals surface area contributed by atoms with E-state index >= 15 is 0 Å². The molecule has 0 bridgehead atoms. The van der Waals surface area contributed by atoms with Gasteiger partial charge in [0.05, 0.1) is 12.2 Å². The maximum Gasteiger partial charge on any atom is 0.124 e. The van der Waals surface area contributed by atoms with Crippen molar-refractivity contribution in [3.05, 3.63) is 35.4 Å². The third-order valence-electron chi connectivity index (χ3n) is 4.50. The van der Waals surface area contributed by atoms with Crippen LogP contribution in [0.2, 0.25) is 0 Å². The Morgan fingerprint density at radius 2 is 1.74 bits per heavy atom. The zero-order valence-electron chi connectivity index (χ0n) is 15.2. The number of benzene rings is 1. The molecule has 3 heteroatoms. The largest absolute Gasteiger partial charge is 0.373 e. The Bertz CT molecular complexity index is 493. The lowest BCUT2D eigenvalue weighted by atomic mass is 9.86. The topological polar surface area (TPSA) is 29.5 Å². The molecule has 2 rings (SSSR count). The zero-order valence-corrected chi connectivity index (χ0v) is 15.2. The van der Waals surface area contributed by atoms with Gasteiger partial charge in [-0.15, -0.1) is 0 Å². The van der Waals surface area contributed by atoms with E-state index in [-0.39, 0.29) is 23.5 Å². The van der Waals surface area contributed by atoms with E-state index < -0.39 is 0 Å². The minimum absolute atomic E-state index is 0.0491. The quantitative estimate of drug-likeness (QED) is 0.779. The van der Waals surface area contributed by atoms with Crippen molar-refractivity contribution < 1.29 is 9.53 Å². The molecule has 1 aromatic carbocycles. The molecular formula is C20H31NO2. The number of rotatable bonds is 5. The van der Waals surface area contributed by atoms with Crippen molar-refractivity contribution in [3.8, 4) is 0 Å². The highest BCUT2D eigenvalue weighted by atomic mass is 16.5. The second-order valence-electron chi connectivity index (χ2n) is 8.02. The Morgan fingerprint density at radius 3 is 2.22 bits per heavy atom. The molecule has 1 aromatic rings. The van der Waals surface area contributed by atoms with Crippen molar-refractivity contribution in [1.82, 2.24) is 4.90 Å². The van der Waals surface area contributed by atoms with E-state index in [2.05, 4.69) is 63.8 Å². The molecule has 0 aromatic heterocycles. The second kappa shape index (κ2) is 7.59. The van der Waals surface area contributed by atoms with E-state index in [0.29, 0.717) is 0 Å². The summed E-state index contributed by atoms with van der Waals surface area (Å²) in [7, 11) is 0. The Hall–Kier alpha value is -1.19. The summed E-state index contributed by atoms with van der Waals surface area (Å²) >= 11 is 0. The highest BCUT2D eigenvalue weighted by Crippen LogP contribution is 2.23. The Kier molecular flexibility index (Phi) is 5.99. The lowest BCUT2D eigenvalue weighted by Crippen LogP contribution is -2.47. The van der Waals surface area contributed by atoms with Crippen molar-refractivity contribution in [2.24, 2.45) is 5.92 Å². The molecule has 0 N–H and O–H groups in total. The highest BCUT2D eigenvalue weighted by molar-refractivity contribution is 5.54. The highest BCUT2D eigenvalue weighted by Gasteiger charge is 2.24. The normalized spacial score (nSPS) is 24.4. The first-order valence-corrected chi connectivity index (χ1v) is 8.70. The summed E-state index contributed by atoms with van der Waals surface area (Å²) in [5, 5.41) is 0. The van der Waals surface area contributed by atoms with Gasteiger partial charge in [-0.1, -0.05) is 45.0 Å². The van der Waals surface area contributed by atoms with Gasteiger partial charge in [-0.25, -0.2) is 0 Å². The van der Waals surface area contributed by atoms with Gasteiger partial charge in [-0.3, -0.25) is 4.90 Å². The standard InChI is InChI=1S/C20H31NO2/c1-15-11-21(12-16(2)23-15)13-18(14-22)10-17-6-8-19(9-7-17)20(3,4)5/h6-9,14-16,18H,10-13H2,1-5H3/t15-,16+,18?. The molecule has 0 aliphatic carbocycles. The van der Waals surface area contributed by atoms with Gasteiger partial charge in [0.15, 0.2) is 0 Å². The smallest absolute Gasteiger partial charge is 0.124 e. The van der Waals surface area contributed by atoms with Gasteiger partial charge in [-0.05, 0) is 36.8 Å². The summed E-state index contributed by atoms with van der Waals surface area (Å²) in [5.74, 6) is 0.0491. The van der Waals surface area contributed by atoms with Crippen molar-refractivity contribution >= 4 is 6.29 Å². The van der Waals surface area contributed by atoms with Crippen LogP contribution in [0.4, 0.5) is 0 Å². The van der Waals surface area contributed by atoms with Crippen LogP contribution in [0.3, 0.4) is 0 Å². The number of carbonyl (C=O) groups is 1. The molecule has 0 saturated carbocycles. The average Bonchev–Trinajstić information content (AvgIpc) is 2.45. The van der Waals surface area contributed by atoms with E-state index in [9.17, 15) is 4.79 Å². The third-order valence-corrected chi connectivity index (χ3v) is 4.50. The lowest BCUT2D eigenvalue weighted by Gasteiger charge is -2.36. The van der Waals surface area contributed by atoms with Gasteiger partial charge in [0.25, 0.3) is 0 Å². The molecule has 1 fully saturated rings. The van der Waals surface area contributed by atoms with E-state index in [1.165, 1.54) is 11.1 Å². The third kappa shape index (κ3) is 5.43. The van der Waals surface area contributed by atoms with Crippen LogP contribution in [0.5, 0.6) is 0 Å². The average molecular weight is 317 g/mol. The van der Waals surface area contributed by atoms with Crippen LogP contribution in [0, 0.1) is 5.92 Å².